The third-order valence-electron chi connectivity index (χ3n) is 2.37. The molecule has 1 aromatic heterocycles. The molecule has 1 unspecified atom stereocenters. The van der Waals surface area contributed by atoms with Crippen LogP contribution in [0.5, 0.6) is 0 Å². The first kappa shape index (κ1) is 13.9. The van der Waals surface area contributed by atoms with Gasteiger partial charge in [-0.25, -0.2) is 0 Å². The predicted octanol–water partition coefficient (Wildman–Crippen LogP) is 2.09. The van der Waals surface area contributed by atoms with Crippen LogP contribution >= 0.6 is 0 Å². The quantitative estimate of drug-likeness (QED) is 0.886. The molecule has 0 saturated carbocycles. The van der Waals surface area contributed by atoms with Crippen molar-refractivity contribution in [3.63, 3.8) is 0 Å². The van der Waals surface area contributed by atoms with E-state index in [9.17, 15) is 18.3 Å². The highest BCUT2D eigenvalue weighted by Crippen LogP contribution is 2.34. The van der Waals surface area contributed by atoms with Crippen LogP contribution in [-0.4, -0.2) is 35.6 Å². The van der Waals surface area contributed by atoms with Gasteiger partial charge in [0.25, 0.3) is 0 Å². The third-order valence-corrected chi connectivity index (χ3v) is 2.37. The Morgan fingerprint density at radius 2 is 2.06 bits per heavy atom. The fourth-order valence-electron chi connectivity index (χ4n) is 1.47. The molecule has 0 bridgehead atoms. The van der Waals surface area contributed by atoms with Gasteiger partial charge in [0.15, 0.2) is 0 Å². The molecule has 96 valence electrons. The molecule has 6 heteroatoms. The maximum absolute atomic E-state index is 12.7. The van der Waals surface area contributed by atoms with Gasteiger partial charge in [0.1, 0.15) is 0 Å². The zero-order valence-electron chi connectivity index (χ0n) is 9.70. The minimum Gasteiger partial charge on any atom is -0.388 e. The van der Waals surface area contributed by atoms with Gasteiger partial charge < -0.3 is 10.0 Å². The van der Waals surface area contributed by atoms with E-state index in [-0.39, 0.29) is 12.0 Å². The summed E-state index contributed by atoms with van der Waals surface area (Å²) in [5.41, 5.74) is -0.986. The van der Waals surface area contributed by atoms with Crippen LogP contribution in [0.4, 0.5) is 13.2 Å². The molecule has 1 heterocycles. The number of aliphatic hydroxyl groups excluding tert-OH is 1. The first-order valence-electron chi connectivity index (χ1n) is 5.16. The average Bonchev–Trinajstić information content (AvgIpc) is 2.24. The molecule has 0 aromatic carbocycles. The Morgan fingerprint density at radius 1 is 1.41 bits per heavy atom. The highest BCUT2D eigenvalue weighted by molar-refractivity contribution is 5.28. The van der Waals surface area contributed by atoms with Crippen LogP contribution in [0.2, 0.25) is 0 Å². The van der Waals surface area contributed by atoms with Gasteiger partial charge in [-0.2, -0.15) is 13.2 Å². The molecule has 3 nitrogen and oxygen atoms in total. The van der Waals surface area contributed by atoms with Gasteiger partial charge in [-0.15, -0.1) is 0 Å². The van der Waals surface area contributed by atoms with Crippen LogP contribution in [0.3, 0.4) is 0 Å². The number of aromatic nitrogens is 1. The highest BCUT2D eigenvalue weighted by Gasteiger charge is 2.34. The minimum absolute atomic E-state index is 0.165. The highest BCUT2D eigenvalue weighted by atomic mass is 19.4. The van der Waals surface area contributed by atoms with Crippen LogP contribution in [0, 0.1) is 0 Å². The molecule has 1 aromatic rings. The normalized spacial score (nSPS) is 14.1. The zero-order chi connectivity index (χ0) is 13.1. The molecule has 0 amide bonds. The summed E-state index contributed by atoms with van der Waals surface area (Å²) in [6.07, 6.45) is -3.23. The molecular weight excluding hydrogens is 233 g/mol. The molecule has 1 atom stereocenters. The van der Waals surface area contributed by atoms with E-state index in [1.807, 2.05) is 0 Å². The minimum atomic E-state index is -4.46. The Bertz CT molecular complexity index is 366. The summed E-state index contributed by atoms with van der Waals surface area (Å²) < 4.78 is 38.0. The summed E-state index contributed by atoms with van der Waals surface area (Å²) in [7, 11) is 3.58. The molecule has 0 aliphatic carbocycles. The van der Waals surface area contributed by atoms with Gasteiger partial charge in [-0.05, 0) is 26.6 Å². The molecule has 0 saturated heterocycles. The van der Waals surface area contributed by atoms with Crippen molar-refractivity contribution in [2.75, 3.05) is 20.6 Å². The predicted molar refractivity (Wildman–Crippen MR) is 57.4 cm³/mol. The van der Waals surface area contributed by atoms with Gasteiger partial charge in [0.05, 0.1) is 11.7 Å². The third kappa shape index (κ3) is 3.98. The number of hydrogen-bond donors (Lipinski definition) is 1. The second-order valence-electron chi connectivity index (χ2n) is 4.07. The molecule has 0 spiro atoms. The van der Waals surface area contributed by atoms with Gasteiger partial charge >= 0.3 is 6.18 Å². The molecule has 0 aliphatic heterocycles. The molecule has 1 N–H and O–H groups in total. The van der Waals surface area contributed by atoms with Crippen molar-refractivity contribution < 1.29 is 18.3 Å². The van der Waals surface area contributed by atoms with Crippen molar-refractivity contribution in [2.45, 2.75) is 18.7 Å². The van der Waals surface area contributed by atoms with Crippen molar-refractivity contribution in [1.82, 2.24) is 9.88 Å². The number of pyridine rings is 1. The molecule has 1 rings (SSSR count). The van der Waals surface area contributed by atoms with Crippen molar-refractivity contribution in [3.05, 3.63) is 29.6 Å². The van der Waals surface area contributed by atoms with E-state index in [0.717, 1.165) is 18.5 Å². The van der Waals surface area contributed by atoms with Gasteiger partial charge in [0, 0.05) is 24.5 Å². The number of nitrogens with zero attached hydrogens (tertiary/aromatic N) is 2. The molecule has 0 aliphatic rings. The fourth-order valence-corrected chi connectivity index (χ4v) is 1.47. The summed E-state index contributed by atoms with van der Waals surface area (Å²) in [5, 5.41) is 9.75. The summed E-state index contributed by atoms with van der Waals surface area (Å²) in [4.78, 5) is 5.43. The number of hydrogen-bond acceptors (Lipinski definition) is 3. The van der Waals surface area contributed by atoms with Crippen LogP contribution in [0.25, 0.3) is 0 Å². The number of rotatable bonds is 4. The van der Waals surface area contributed by atoms with E-state index >= 15 is 0 Å². The Morgan fingerprint density at radius 3 is 2.59 bits per heavy atom. The number of alkyl halides is 3. The second kappa shape index (κ2) is 5.46. The Kier molecular flexibility index (Phi) is 4.47. The van der Waals surface area contributed by atoms with E-state index in [2.05, 4.69) is 4.98 Å². The van der Waals surface area contributed by atoms with Crippen LogP contribution in [0.1, 0.15) is 23.7 Å². The Hall–Kier alpha value is -1.14. The summed E-state index contributed by atoms with van der Waals surface area (Å²) >= 11 is 0. The summed E-state index contributed by atoms with van der Waals surface area (Å²) in [6, 6.07) is 0.883. The van der Waals surface area contributed by atoms with E-state index < -0.39 is 17.8 Å². The Balaban J connectivity index is 2.89. The van der Waals surface area contributed by atoms with Gasteiger partial charge in [0.2, 0.25) is 0 Å². The van der Waals surface area contributed by atoms with E-state index in [1.54, 1.807) is 19.0 Å². The lowest BCUT2D eigenvalue weighted by molar-refractivity contribution is -0.139. The summed E-state index contributed by atoms with van der Waals surface area (Å²) in [6.45, 7) is 0.507. The van der Waals surface area contributed by atoms with Crippen molar-refractivity contribution in [3.8, 4) is 0 Å². The van der Waals surface area contributed by atoms with Crippen molar-refractivity contribution >= 4 is 0 Å². The van der Waals surface area contributed by atoms with Crippen molar-refractivity contribution in [1.29, 1.82) is 0 Å². The average molecular weight is 248 g/mol. The topological polar surface area (TPSA) is 36.4 Å². The molecule has 0 radical (unpaired) electrons. The molecule has 17 heavy (non-hydrogen) atoms. The van der Waals surface area contributed by atoms with Crippen LogP contribution < -0.4 is 0 Å². The van der Waals surface area contributed by atoms with E-state index in [1.165, 1.54) is 0 Å². The SMILES string of the molecule is CN(C)CCC(O)c1cnccc1C(F)(F)F. The Labute approximate surface area is 97.9 Å². The summed E-state index contributed by atoms with van der Waals surface area (Å²) in [5.74, 6) is 0. The van der Waals surface area contributed by atoms with Gasteiger partial charge in [-0.3, -0.25) is 4.98 Å². The zero-order valence-corrected chi connectivity index (χ0v) is 9.70. The molecule has 0 fully saturated rings. The monoisotopic (exact) mass is 248 g/mol. The maximum Gasteiger partial charge on any atom is 0.416 e. The number of aliphatic hydroxyl groups is 1. The lowest BCUT2D eigenvalue weighted by Crippen LogP contribution is -2.18. The lowest BCUT2D eigenvalue weighted by atomic mass is 10.0. The maximum atomic E-state index is 12.7. The van der Waals surface area contributed by atoms with Crippen LogP contribution in [0.15, 0.2) is 18.5 Å². The number of halogens is 3. The first-order chi connectivity index (χ1) is 7.82. The standard InChI is InChI=1S/C11H15F3N2O/c1-16(2)6-4-10(17)8-7-15-5-3-9(8)11(12,13)14/h3,5,7,10,17H,4,6H2,1-2H3. The van der Waals surface area contributed by atoms with Crippen LogP contribution in [-0.2, 0) is 6.18 Å². The molecular formula is C11H15F3N2O. The first-order valence-corrected chi connectivity index (χ1v) is 5.16. The second-order valence-corrected chi connectivity index (χ2v) is 4.07. The smallest absolute Gasteiger partial charge is 0.388 e. The van der Waals surface area contributed by atoms with Gasteiger partial charge in [-0.1, -0.05) is 0 Å². The van der Waals surface area contributed by atoms with E-state index in [0.29, 0.717) is 6.54 Å². The largest absolute Gasteiger partial charge is 0.416 e. The fraction of sp³-hybridized carbons (Fsp3) is 0.545. The lowest BCUT2D eigenvalue weighted by Gasteiger charge is -2.18. The van der Waals surface area contributed by atoms with E-state index in [4.69, 9.17) is 0 Å². The van der Waals surface area contributed by atoms with Crippen molar-refractivity contribution in [2.24, 2.45) is 0 Å².